The van der Waals surface area contributed by atoms with Gasteiger partial charge in [0.15, 0.2) is 0 Å². The molecule has 1 fully saturated rings. The summed E-state index contributed by atoms with van der Waals surface area (Å²) in [5.41, 5.74) is 3.61. The molecule has 0 saturated carbocycles. The smallest absolute Gasteiger partial charge is 0.465 e. The average Bonchev–Trinajstić information content (AvgIpc) is 3.91. The van der Waals surface area contributed by atoms with Gasteiger partial charge in [-0.2, -0.15) is 5.26 Å². The predicted octanol–water partition coefficient (Wildman–Crippen LogP) is 15.3. The minimum Gasteiger partial charge on any atom is -0.465 e. The second-order valence-corrected chi connectivity index (χ2v) is 23.0. The Balaban J connectivity index is 1.31. The Morgan fingerprint density at radius 1 is 0.703 bits per heavy atom. The SMILES string of the molecule is CCCCCC(CC)CCCCCCOC(=O)c1ccc(C(CC(C)(C)C#N)CC(C)(CC(SC(=S)c2ccccc2)c2ccc(COC(=O)c3ccc(B4OCC(CC)O4)cc3)cc2)C(=O)OCCCC)cc1. The molecule has 5 unspecified atom stereocenters. The number of ether oxygens (including phenoxy) is 3. The molecule has 1 aliphatic heterocycles. The lowest BCUT2D eigenvalue weighted by Gasteiger charge is -2.36. The van der Waals surface area contributed by atoms with Crippen molar-refractivity contribution in [2.45, 2.75) is 175 Å². The van der Waals surface area contributed by atoms with Gasteiger partial charge in [-0.3, -0.25) is 4.79 Å². The highest BCUT2D eigenvalue weighted by Gasteiger charge is 2.42. The highest BCUT2D eigenvalue weighted by atomic mass is 32.2. The zero-order valence-corrected chi connectivity index (χ0v) is 47.0. The molecule has 4 aromatic carbocycles. The van der Waals surface area contributed by atoms with Crippen molar-refractivity contribution in [1.29, 1.82) is 5.26 Å². The Bertz CT molecular complexity index is 2370. The minimum atomic E-state index is -1.03. The second-order valence-electron chi connectivity index (χ2n) is 21.1. The van der Waals surface area contributed by atoms with Crippen LogP contribution in [0.25, 0.3) is 0 Å². The number of esters is 3. The molecule has 1 aliphatic rings. The number of benzene rings is 4. The van der Waals surface area contributed by atoms with Gasteiger partial charge in [0.25, 0.3) is 0 Å². The van der Waals surface area contributed by atoms with E-state index in [2.05, 4.69) is 33.8 Å². The van der Waals surface area contributed by atoms with Crippen molar-refractivity contribution in [3.8, 4) is 6.07 Å². The fourth-order valence-corrected chi connectivity index (χ4v) is 11.4. The van der Waals surface area contributed by atoms with Crippen LogP contribution < -0.4 is 5.46 Å². The first-order valence-electron chi connectivity index (χ1n) is 27.5. The van der Waals surface area contributed by atoms with E-state index in [1.54, 1.807) is 24.3 Å². The van der Waals surface area contributed by atoms with Crippen molar-refractivity contribution in [3.63, 3.8) is 0 Å². The number of thioether (sulfide) groups is 1. The van der Waals surface area contributed by atoms with E-state index in [4.69, 9.17) is 35.7 Å². The number of unbranched alkanes of at least 4 members (excludes halogenated alkanes) is 6. The summed E-state index contributed by atoms with van der Waals surface area (Å²) in [6.45, 7) is 15.8. The van der Waals surface area contributed by atoms with E-state index in [1.807, 2.05) is 99.6 Å². The molecule has 0 amide bonds. The average molecular weight is 1040 g/mol. The maximum absolute atomic E-state index is 14.7. The van der Waals surface area contributed by atoms with E-state index < -0.39 is 23.9 Å². The summed E-state index contributed by atoms with van der Waals surface area (Å²) in [5.74, 6) is -0.514. The van der Waals surface area contributed by atoms with Gasteiger partial charge >= 0.3 is 25.0 Å². The van der Waals surface area contributed by atoms with Crippen LogP contribution in [-0.2, 0) is 34.9 Å². The summed E-state index contributed by atoms with van der Waals surface area (Å²) in [6, 6.07) is 34.9. The number of carbonyl (C=O) groups is 3. The van der Waals surface area contributed by atoms with Gasteiger partial charge in [-0.15, -0.1) is 11.8 Å². The third kappa shape index (κ3) is 19.4. The fourth-order valence-electron chi connectivity index (χ4n) is 9.59. The van der Waals surface area contributed by atoms with Gasteiger partial charge < -0.3 is 23.5 Å². The van der Waals surface area contributed by atoms with Gasteiger partial charge in [-0.1, -0.05) is 183 Å². The van der Waals surface area contributed by atoms with Crippen LogP contribution in [0, 0.1) is 28.1 Å². The second kappa shape index (κ2) is 31.3. The monoisotopic (exact) mass is 1040 g/mol. The molecule has 0 spiro atoms. The first-order valence-corrected chi connectivity index (χ1v) is 28.7. The number of nitrogens with zero attached hydrogens (tertiary/aromatic N) is 1. The van der Waals surface area contributed by atoms with E-state index >= 15 is 0 Å². The van der Waals surface area contributed by atoms with Crippen LogP contribution in [0.2, 0.25) is 0 Å². The lowest BCUT2D eigenvalue weighted by atomic mass is 9.70. The van der Waals surface area contributed by atoms with Crippen LogP contribution in [-0.4, -0.2) is 55.1 Å². The topological polar surface area (TPSA) is 121 Å². The highest BCUT2D eigenvalue weighted by molar-refractivity contribution is 8.23. The van der Waals surface area contributed by atoms with Gasteiger partial charge in [0.05, 0.1) is 58.1 Å². The molecule has 74 heavy (non-hydrogen) atoms. The number of hydrogen-bond acceptors (Lipinski definition) is 11. The first kappa shape index (κ1) is 60.1. The summed E-state index contributed by atoms with van der Waals surface area (Å²) >= 11 is 7.63. The Kier molecular flexibility index (Phi) is 25.4. The summed E-state index contributed by atoms with van der Waals surface area (Å²) in [6.07, 6.45) is 15.8. The Morgan fingerprint density at radius 3 is 1.93 bits per heavy atom. The molecule has 1 heterocycles. The van der Waals surface area contributed by atoms with Crippen molar-refractivity contribution in [2.24, 2.45) is 16.7 Å². The van der Waals surface area contributed by atoms with E-state index in [-0.39, 0.29) is 35.8 Å². The molecular formula is C62H82BNO8S2. The van der Waals surface area contributed by atoms with Crippen molar-refractivity contribution < 1.29 is 37.9 Å². The van der Waals surface area contributed by atoms with Crippen LogP contribution in [0.5, 0.6) is 0 Å². The molecule has 5 rings (SSSR count). The molecule has 1 saturated heterocycles. The lowest BCUT2D eigenvalue weighted by Crippen LogP contribution is -2.34. The van der Waals surface area contributed by atoms with Crippen molar-refractivity contribution in [1.82, 2.24) is 0 Å². The molecule has 0 bridgehead atoms. The van der Waals surface area contributed by atoms with E-state index in [1.165, 1.54) is 56.7 Å². The van der Waals surface area contributed by atoms with Crippen LogP contribution in [0.4, 0.5) is 0 Å². The molecule has 0 aliphatic carbocycles. The number of carbonyl (C=O) groups excluding carboxylic acids is 3. The fraction of sp³-hybridized carbons (Fsp3) is 0.532. The van der Waals surface area contributed by atoms with Gasteiger partial charge in [0, 0.05) is 5.25 Å². The molecule has 0 N–H and O–H groups in total. The third-order valence-corrected chi connectivity index (χ3v) is 16.1. The molecule has 9 nitrogen and oxygen atoms in total. The predicted molar refractivity (Wildman–Crippen MR) is 305 cm³/mol. The lowest BCUT2D eigenvalue weighted by molar-refractivity contribution is -0.156. The van der Waals surface area contributed by atoms with Gasteiger partial charge in [0.2, 0.25) is 0 Å². The van der Waals surface area contributed by atoms with E-state index in [0.717, 1.165) is 72.2 Å². The van der Waals surface area contributed by atoms with Gasteiger partial charge in [-0.05, 0) is 123 Å². The molecule has 398 valence electrons. The Morgan fingerprint density at radius 2 is 1.31 bits per heavy atom. The number of nitriles is 1. The maximum Gasteiger partial charge on any atom is 0.494 e. The molecule has 12 heteroatoms. The van der Waals surface area contributed by atoms with Crippen LogP contribution >= 0.6 is 24.0 Å². The quantitative estimate of drug-likeness (QED) is 0.0153. The van der Waals surface area contributed by atoms with Crippen molar-refractivity contribution in [3.05, 3.63) is 137 Å². The zero-order valence-electron chi connectivity index (χ0n) is 45.4. The number of hydrogen-bond donors (Lipinski definition) is 0. The van der Waals surface area contributed by atoms with Crippen LogP contribution in [0.1, 0.15) is 205 Å². The Hall–Kier alpha value is -4.80. The molecule has 0 radical (unpaired) electrons. The molecular weight excluding hydrogens is 962 g/mol. The van der Waals surface area contributed by atoms with Gasteiger partial charge in [-0.25, -0.2) is 9.59 Å². The summed E-state index contributed by atoms with van der Waals surface area (Å²) in [5, 5.41) is 10.1. The summed E-state index contributed by atoms with van der Waals surface area (Å²) in [7, 11) is -0.441. The highest BCUT2D eigenvalue weighted by Crippen LogP contribution is 2.48. The van der Waals surface area contributed by atoms with Crippen molar-refractivity contribution >= 4 is 58.7 Å². The molecule has 5 atom stereocenters. The number of rotatable bonds is 32. The van der Waals surface area contributed by atoms with E-state index in [0.29, 0.717) is 54.4 Å². The number of thiocarbonyl (C=S) groups is 1. The summed E-state index contributed by atoms with van der Waals surface area (Å²) < 4.78 is 30.0. The third-order valence-electron chi connectivity index (χ3n) is 14.4. The summed E-state index contributed by atoms with van der Waals surface area (Å²) in [4.78, 5) is 41.1. The van der Waals surface area contributed by atoms with Crippen LogP contribution in [0.15, 0.2) is 103 Å². The largest absolute Gasteiger partial charge is 0.494 e. The first-order chi connectivity index (χ1) is 35.7. The minimum absolute atomic E-state index is 0.0648. The molecule has 4 aromatic rings. The van der Waals surface area contributed by atoms with Gasteiger partial charge in [0.1, 0.15) is 6.61 Å². The Labute approximate surface area is 453 Å². The standard InChI is InChI=1S/C62H82BNO8S2/c1-8-12-17-22-46(10-3)23-18-14-15-21-39-68-57(65)50-32-30-48(31-33-50)53(40-61(5,6)45-64)41-62(7,60(67)69-38-13-9-2)42-56(74-59(73)52-24-19-16-20-25-52)49-28-26-47(27-29-49)43-70-58(66)51-34-36-54(37-35-51)63-71-44-55(11-4)72-63/h16,19-20,24-37,46,53,55-56H,8-15,17-18,21-23,38-44H2,1-7H3. The van der Waals surface area contributed by atoms with Crippen molar-refractivity contribution in [2.75, 3.05) is 19.8 Å². The zero-order chi connectivity index (χ0) is 53.4. The normalized spacial score (nSPS) is 15.6. The van der Waals surface area contributed by atoms with Crippen LogP contribution in [0.3, 0.4) is 0 Å². The van der Waals surface area contributed by atoms with E-state index in [9.17, 15) is 19.6 Å². The maximum atomic E-state index is 14.7. The molecule has 0 aromatic heterocycles.